The third kappa shape index (κ3) is 3.75. The zero-order valence-corrected chi connectivity index (χ0v) is 10.9. The fourth-order valence-corrected chi connectivity index (χ4v) is 2.05. The summed E-state index contributed by atoms with van der Waals surface area (Å²) in [5.41, 5.74) is 1.52. The topological polar surface area (TPSA) is 57.8 Å². The van der Waals surface area contributed by atoms with Crippen molar-refractivity contribution in [1.82, 2.24) is 9.97 Å². The highest BCUT2D eigenvalue weighted by atomic mass is 35.5. The largest absolute Gasteiger partial charge is 0.348 e. The number of imidazole rings is 1. The minimum Gasteiger partial charge on any atom is -0.348 e. The van der Waals surface area contributed by atoms with E-state index in [0.29, 0.717) is 28.6 Å². The number of hydrogen-bond acceptors (Lipinski definition) is 2. The first-order valence-corrected chi connectivity index (χ1v) is 6.12. The molecule has 1 amide bonds. The van der Waals surface area contributed by atoms with Crippen molar-refractivity contribution in [2.24, 2.45) is 0 Å². The molecule has 0 aliphatic carbocycles. The van der Waals surface area contributed by atoms with Crippen LogP contribution < -0.4 is 5.32 Å². The van der Waals surface area contributed by atoms with Crippen LogP contribution in [0.25, 0.3) is 0 Å². The van der Waals surface area contributed by atoms with Crippen molar-refractivity contribution in [2.45, 2.75) is 12.8 Å². The van der Waals surface area contributed by atoms with Crippen molar-refractivity contribution in [2.75, 3.05) is 5.32 Å². The van der Waals surface area contributed by atoms with Gasteiger partial charge in [0.25, 0.3) is 0 Å². The number of aromatic amines is 1. The van der Waals surface area contributed by atoms with Crippen LogP contribution in [0.4, 0.5) is 5.69 Å². The van der Waals surface area contributed by atoms with E-state index in [-0.39, 0.29) is 5.91 Å². The number of rotatable bonds is 4. The minimum atomic E-state index is -0.0945. The van der Waals surface area contributed by atoms with Crippen molar-refractivity contribution in [1.29, 1.82) is 0 Å². The number of H-pyrrole nitrogens is 1. The summed E-state index contributed by atoms with van der Waals surface area (Å²) >= 11 is 11.7. The van der Waals surface area contributed by atoms with E-state index in [9.17, 15) is 4.79 Å². The number of benzene rings is 1. The summed E-state index contributed by atoms with van der Waals surface area (Å²) in [4.78, 5) is 18.5. The Morgan fingerprint density at radius 1 is 1.28 bits per heavy atom. The van der Waals surface area contributed by atoms with E-state index in [0.717, 1.165) is 5.69 Å². The zero-order chi connectivity index (χ0) is 13.0. The summed E-state index contributed by atoms with van der Waals surface area (Å²) in [5.74, 6) is -0.0945. The van der Waals surface area contributed by atoms with Crippen molar-refractivity contribution in [3.05, 3.63) is 46.5 Å². The van der Waals surface area contributed by atoms with Crippen molar-refractivity contribution >= 4 is 34.8 Å². The number of amides is 1. The van der Waals surface area contributed by atoms with Gasteiger partial charge in [-0.25, -0.2) is 4.98 Å². The molecule has 0 aliphatic rings. The molecule has 0 atom stereocenters. The molecule has 0 unspecified atom stereocenters. The molecule has 6 heteroatoms. The van der Waals surface area contributed by atoms with Gasteiger partial charge in [-0.05, 0) is 24.6 Å². The maximum atomic E-state index is 11.7. The lowest BCUT2D eigenvalue weighted by atomic mass is 10.2. The lowest BCUT2D eigenvalue weighted by Gasteiger charge is -2.05. The van der Waals surface area contributed by atoms with Gasteiger partial charge in [-0.1, -0.05) is 23.2 Å². The Morgan fingerprint density at radius 2 is 2.00 bits per heavy atom. The molecule has 0 spiro atoms. The van der Waals surface area contributed by atoms with Crippen LogP contribution in [0.2, 0.25) is 10.0 Å². The van der Waals surface area contributed by atoms with Crippen LogP contribution in [-0.4, -0.2) is 15.9 Å². The van der Waals surface area contributed by atoms with E-state index in [1.807, 2.05) is 0 Å². The van der Waals surface area contributed by atoms with Crippen molar-refractivity contribution < 1.29 is 4.79 Å². The first kappa shape index (κ1) is 12.9. The molecule has 94 valence electrons. The normalized spacial score (nSPS) is 10.3. The van der Waals surface area contributed by atoms with Gasteiger partial charge in [-0.3, -0.25) is 4.79 Å². The fraction of sp³-hybridized carbons (Fsp3) is 0.167. The molecular formula is C12H11Cl2N3O. The van der Waals surface area contributed by atoms with Gasteiger partial charge >= 0.3 is 0 Å². The number of halogens is 2. The highest BCUT2D eigenvalue weighted by Gasteiger charge is 2.05. The summed E-state index contributed by atoms with van der Waals surface area (Å²) in [6, 6.07) is 4.92. The van der Waals surface area contributed by atoms with Crippen LogP contribution in [0.15, 0.2) is 30.7 Å². The molecule has 1 aromatic heterocycles. The number of aromatic nitrogens is 2. The quantitative estimate of drug-likeness (QED) is 0.905. The smallest absolute Gasteiger partial charge is 0.224 e. The third-order valence-electron chi connectivity index (χ3n) is 2.32. The fourth-order valence-electron chi connectivity index (χ4n) is 1.52. The Hall–Kier alpha value is -1.52. The number of nitrogens with zero attached hydrogens (tertiary/aromatic N) is 1. The van der Waals surface area contributed by atoms with Crippen molar-refractivity contribution in [3.8, 4) is 0 Å². The monoisotopic (exact) mass is 283 g/mol. The van der Waals surface area contributed by atoms with Gasteiger partial charge < -0.3 is 10.3 Å². The van der Waals surface area contributed by atoms with E-state index < -0.39 is 0 Å². The number of carbonyl (C=O) groups excluding carboxylic acids is 1. The molecule has 0 bridgehead atoms. The van der Waals surface area contributed by atoms with E-state index in [1.54, 1.807) is 30.7 Å². The van der Waals surface area contributed by atoms with Crippen LogP contribution in [0, 0.1) is 0 Å². The van der Waals surface area contributed by atoms with Gasteiger partial charge in [0, 0.05) is 34.0 Å². The SMILES string of the molecule is O=C(CCc1cnc[nH]1)Nc1cc(Cl)cc(Cl)c1. The van der Waals surface area contributed by atoms with Crippen molar-refractivity contribution in [3.63, 3.8) is 0 Å². The van der Waals surface area contributed by atoms with Crippen LogP contribution in [-0.2, 0) is 11.2 Å². The predicted octanol–water partition coefficient (Wildman–Crippen LogP) is 3.29. The summed E-state index contributed by atoms with van der Waals surface area (Å²) in [6.45, 7) is 0. The summed E-state index contributed by atoms with van der Waals surface area (Å²) in [6.07, 6.45) is 4.26. The second-order valence-corrected chi connectivity index (χ2v) is 4.66. The molecule has 0 fully saturated rings. The van der Waals surface area contributed by atoms with E-state index >= 15 is 0 Å². The minimum absolute atomic E-state index is 0.0945. The van der Waals surface area contributed by atoms with Gasteiger partial charge in [0.05, 0.1) is 6.33 Å². The molecule has 1 heterocycles. The maximum Gasteiger partial charge on any atom is 0.224 e. The van der Waals surface area contributed by atoms with E-state index in [1.165, 1.54) is 0 Å². The highest BCUT2D eigenvalue weighted by Crippen LogP contribution is 2.22. The Labute approximate surface area is 114 Å². The molecule has 1 aromatic carbocycles. The Kier molecular flexibility index (Phi) is 4.23. The molecular weight excluding hydrogens is 273 g/mol. The number of aryl methyl sites for hydroxylation is 1. The number of nitrogens with one attached hydrogen (secondary N) is 2. The second-order valence-electron chi connectivity index (χ2n) is 3.78. The molecule has 0 aliphatic heterocycles. The molecule has 0 saturated carbocycles. The summed E-state index contributed by atoms with van der Waals surface area (Å²) in [5, 5.41) is 3.73. The van der Waals surface area contributed by atoms with E-state index in [4.69, 9.17) is 23.2 Å². The number of anilines is 1. The summed E-state index contributed by atoms with van der Waals surface area (Å²) < 4.78 is 0. The van der Waals surface area contributed by atoms with Gasteiger partial charge in [0.1, 0.15) is 0 Å². The maximum absolute atomic E-state index is 11.7. The molecule has 18 heavy (non-hydrogen) atoms. The van der Waals surface area contributed by atoms with Gasteiger partial charge in [-0.15, -0.1) is 0 Å². The van der Waals surface area contributed by atoms with Gasteiger partial charge in [-0.2, -0.15) is 0 Å². The summed E-state index contributed by atoms with van der Waals surface area (Å²) in [7, 11) is 0. The number of carbonyl (C=O) groups is 1. The zero-order valence-electron chi connectivity index (χ0n) is 9.41. The average molecular weight is 284 g/mol. The van der Waals surface area contributed by atoms with Gasteiger partial charge in [0.2, 0.25) is 5.91 Å². The van der Waals surface area contributed by atoms with Crippen LogP contribution in [0.3, 0.4) is 0 Å². The lowest BCUT2D eigenvalue weighted by molar-refractivity contribution is -0.116. The molecule has 2 aromatic rings. The van der Waals surface area contributed by atoms with E-state index in [2.05, 4.69) is 15.3 Å². The average Bonchev–Trinajstić information content (AvgIpc) is 2.77. The Bertz CT molecular complexity index is 520. The highest BCUT2D eigenvalue weighted by molar-refractivity contribution is 6.35. The third-order valence-corrected chi connectivity index (χ3v) is 2.76. The molecule has 2 N–H and O–H groups in total. The lowest BCUT2D eigenvalue weighted by Crippen LogP contribution is -2.12. The molecule has 0 saturated heterocycles. The van der Waals surface area contributed by atoms with Crippen LogP contribution in [0.5, 0.6) is 0 Å². The Morgan fingerprint density at radius 3 is 2.61 bits per heavy atom. The molecule has 4 nitrogen and oxygen atoms in total. The molecule has 2 rings (SSSR count). The standard InChI is InChI=1S/C12H11Cl2N3O/c13-8-3-9(14)5-11(4-8)17-12(18)2-1-10-6-15-7-16-10/h3-7H,1-2H2,(H,15,16)(H,17,18). The Balaban J connectivity index is 1.90. The first-order chi connectivity index (χ1) is 8.63. The van der Waals surface area contributed by atoms with Crippen LogP contribution >= 0.6 is 23.2 Å². The first-order valence-electron chi connectivity index (χ1n) is 5.36. The predicted molar refractivity (Wildman–Crippen MR) is 72.0 cm³/mol. The second kappa shape index (κ2) is 5.89. The number of hydrogen-bond donors (Lipinski definition) is 2. The van der Waals surface area contributed by atoms with Gasteiger partial charge in [0.15, 0.2) is 0 Å². The van der Waals surface area contributed by atoms with Crippen LogP contribution in [0.1, 0.15) is 12.1 Å². The molecule has 0 radical (unpaired) electrons.